The Morgan fingerprint density at radius 1 is 1.56 bits per heavy atom. The Bertz CT molecular complexity index is 457. The van der Waals surface area contributed by atoms with Crippen LogP contribution in [0.1, 0.15) is 12.5 Å². The monoisotopic (exact) mass is 263 g/mol. The molecule has 3 nitrogen and oxygen atoms in total. The molecule has 1 aromatic rings. The molecular formula is C14H17NO2S. The number of hydrogen-bond donors (Lipinski definition) is 1. The van der Waals surface area contributed by atoms with Gasteiger partial charge in [0, 0.05) is 23.9 Å². The van der Waals surface area contributed by atoms with Crippen molar-refractivity contribution in [2.24, 2.45) is 0 Å². The zero-order valence-electron chi connectivity index (χ0n) is 10.4. The van der Waals surface area contributed by atoms with Crippen LogP contribution in [-0.2, 0) is 11.2 Å². The molecule has 1 aliphatic heterocycles. The third-order valence-electron chi connectivity index (χ3n) is 2.66. The molecule has 1 N–H and O–H groups in total. The molecule has 1 amide bonds. The van der Waals surface area contributed by atoms with Gasteiger partial charge in [-0.05, 0) is 18.6 Å². The van der Waals surface area contributed by atoms with Gasteiger partial charge < -0.3 is 10.1 Å². The van der Waals surface area contributed by atoms with E-state index in [1.165, 1.54) is 5.56 Å². The third kappa shape index (κ3) is 3.53. The number of carbonyl (C=O) groups is 1. The van der Waals surface area contributed by atoms with E-state index in [2.05, 4.69) is 5.32 Å². The lowest BCUT2D eigenvalue weighted by Gasteiger charge is -2.06. The van der Waals surface area contributed by atoms with Gasteiger partial charge in [-0.2, -0.15) is 0 Å². The highest BCUT2D eigenvalue weighted by atomic mass is 32.2. The van der Waals surface area contributed by atoms with Crippen LogP contribution in [0.3, 0.4) is 0 Å². The molecule has 0 fully saturated rings. The first-order valence-corrected chi connectivity index (χ1v) is 7.19. The van der Waals surface area contributed by atoms with Gasteiger partial charge in [-0.1, -0.05) is 18.2 Å². The Balaban J connectivity index is 1.83. The molecule has 0 bridgehead atoms. The maximum absolute atomic E-state index is 11.7. The summed E-state index contributed by atoms with van der Waals surface area (Å²) in [6.45, 7) is 2.72. The van der Waals surface area contributed by atoms with Crippen LogP contribution in [-0.4, -0.2) is 24.0 Å². The molecule has 0 aliphatic carbocycles. The van der Waals surface area contributed by atoms with E-state index in [1.54, 1.807) is 11.8 Å². The van der Waals surface area contributed by atoms with Crippen molar-refractivity contribution in [2.45, 2.75) is 13.3 Å². The largest absolute Gasteiger partial charge is 0.493 e. The van der Waals surface area contributed by atoms with E-state index in [4.69, 9.17) is 4.74 Å². The number of amides is 1. The molecule has 0 unspecified atom stereocenters. The predicted molar refractivity (Wildman–Crippen MR) is 76.4 cm³/mol. The van der Waals surface area contributed by atoms with Crippen molar-refractivity contribution in [1.82, 2.24) is 0 Å². The summed E-state index contributed by atoms with van der Waals surface area (Å²) in [5.74, 6) is 2.27. The molecule has 0 saturated heterocycles. The average Bonchev–Trinajstić information content (AvgIpc) is 2.82. The van der Waals surface area contributed by atoms with Gasteiger partial charge in [-0.25, -0.2) is 0 Å². The van der Waals surface area contributed by atoms with Crippen LogP contribution in [0, 0.1) is 0 Å². The number of carbonyl (C=O) groups excluding carboxylic acids is 1. The van der Waals surface area contributed by atoms with Crippen molar-refractivity contribution in [1.29, 1.82) is 0 Å². The molecule has 0 radical (unpaired) electrons. The molecule has 18 heavy (non-hydrogen) atoms. The second-order valence-electron chi connectivity index (χ2n) is 4.05. The smallest absolute Gasteiger partial charge is 0.234 e. The predicted octanol–water partition coefficient (Wildman–Crippen LogP) is 2.87. The van der Waals surface area contributed by atoms with E-state index in [0.717, 1.165) is 30.2 Å². The van der Waals surface area contributed by atoms with Crippen LogP contribution >= 0.6 is 11.8 Å². The van der Waals surface area contributed by atoms with Gasteiger partial charge in [-0.15, -0.1) is 11.8 Å². The lowest BCUT2D eigenvalue weighted by atomic mass is 10.1. The van der Waals surface area contributed by atoms with Crippen LogP contribution in [0.15, 0.2) is 30.4 Å². The van der Waals surface area contributed by atoms with Gasteiger partial charge in [0.1, 0.15) is 5.75 Å². The van der Waals surface area contributed by atoms with Gasteiger partial charge in [-0.3, -0.25) is 4.79 Å². The Morgan fingerprint density at radius 2 is 2.44 bits per heavy atom. The Labute approximate surface area is 112 Å². The van der Waals surface area contributed by atoms with Crippen molar-refractivity contribution >= 4 is 23.4 Å². The molecule has 2 rings (SSSR count). The summed E-state index contributed by atoms with van der Waals surface area (Å²) < 4.78 is 5.47. The summed E-state index contributed by atoms with van der Waals surface area (Å²) in [6, 6.07) is 5.85. The van der Waals surface area contributed by atoms with Gasteiger partial charge in [0.2, 0.25) is 5.91 Å². The van der Waals surface area contributed by atoms with Crippen LogP contribution in [0.2, 0.25) is 0 Å². The molecule has 1 aliphatic rings. The van der Waals surface area contributed by atoms with E-state index < -0.39 is 0 Å². The standard InChI is InChI=1S/C14H17NO2S/c1-2-3-8-18-10-14(16)15-12-5-4-11-6-7-17-13(11)9-12/h2-5,9H,6-8,10H2,1H3,(H,15,16)/b3-2+. The molecule has 0 aromatic heterocycles. The van der Waals surface area contributed by atoms with Crippen molar-refractivity contribution in [3.8, 4) is 5.75 Å². The maximum Gasteiger partial charge on any atom is 0.234 e. The number of thioether (sulfide) groups is 1. The number of nitrogens with one attached hydrogen (secondary N) is 1. The first kappa shape index (κ1) is 13.0. The molecule has 0 atom stereocenters. The number of allylic oxidation sites excluding steroid dienone is 1. The van der Waals surface area contributed by atoms with Crippen LogP contribution in [0.5, 0.6) is 5.75 Å². The van der Waals surface area contributed by atoms with Crippen molar-refractivity contribution in [3.05, 3.63) is 35.9 Å². The van der Waals surface area contributed by atoms with E-state index in [9.17, 15) is 4.79 Å². The minimum Gasteiger partial charge on any atom is -0.493 e. The highest BCUT2D eigenvalue weighted by Gasteiger charge is 2.12. The second kappa shape index (κ2) is 6.50. The summed E-state index contributed by atoms with van der Waals surface area (Å²) >= 11 is 1.60. The summed E-state index contributed by atoms with van der Waals surface area (Å²) in [5, 5.41) is 2.88. The number of anilines is 1. The normalized spacial score (nSPS) is 13.4. The maximum atomic E-state index is 11.7. The molecule has 0 saturated carbocycles. The second-order valence-corrected chi connectivity index (χ2v) is 5.08. The quantitative estimate of drug-likeness (QED) is 0.656. The van der Waals surface area contributed by atoms with Crippen molar-refractivity contribution in [3.63, 3.8) is 0 Å². The van der Waals surface area contributed by atoms with Crippen LogP contribution in [0.25, 0.3) is 0 Å². The highest BCUT2D eigenvalue weighted by molar-refractivity contribution is 8.00. The Morgan fingerprint density at radius 3 is 3.28 bits per heavy atom. The van der Waals surface area contributed by atoms with Gasteiger partial charge in [0.05, 0.1) is 12.4 Å². The minimum absolute atomic E-state index is 0.0300. The topological polar surface area (TPSA) is 38.3 Å². The Kier molecular flexibility index (Phi) is 4.70. The van der Waals surface area contributed by atoms with E-state index in [-0.39, 0.29) is 5.91 Å². The van der Waals surface area contributed by atoms with E-state index in [0.29, 0.717) is 5.75 Å². The zero-order valence-corrected chi connectivity index (χ0v) is 11.3. The van der Waals surface area contributed by atoms with Crippen LogP contribution in [0.4, 0.5) is 5.69 Å². The molecule has 1 heterocycles. The van der Waals surface area contributed by atoms with Gasteiger partial charge in [0.25, 0.3) is 0 Å². The van der Waals surface area contributed by atoms with Crippen LogP contribution < -0.4 is 10.1 Å². The number of hydrogen-bond acceptors (Lipinski definition) is 3. The van der Waals surface area contributed by atoms with Gasteiger partial charge in [0.15, 0.2) is 0 Å². The van der Waals surface area contributed by atoms with Crippen molar-refractivity contribution in [2.75, 3.05) is 23.4 Å². The average molecular weight is 263 g/mol. The number of benzene rings is 1. The van der Waals surface area contributed by atoms with Gasteiger partial charge >= 0.3 is 0 Å². The SMILES string of the molecule is C/C=C/CSCC(=O)Nc1ccc2c(c1)OCC2. The lowest BCUT2D eigenvalue weighted by molar-refractivity contribution is -0.113. The van der Waals surface area contributed by atoms with E-state index >= 15 is 0 Å². The molecular weight excluding hydrogens is 246 g/mol. The molecule has 4 heteroatoms. The molecule has 1 aromatic carbocycles. The molecule has 0 spiro atoms. The zero-order chi connectivity index (χ0) is 12.8. The number of ether oxygens (including phenoxy) is 1. The number of fused-ring (bicyclic) bond motifs is 1. The highest BCUT2D eigenvalue weighted by Crippen LogP contribution is 2.28. The van der Waals surface area contributed by atoms with E-state index in [1.807, 2.05) is 37.3 Å². The fourth-order valence-corrected chi connectivity index (χ4v) is 2.46. The first-order chi connectivity index (χ1) is 8.79. The summed E-state index contributed by atoms with van der Waals surface area (Å²) in [6.07, 6.45) is 4.99. The summed E-state index contributed by atoms with van der Waals surface area (Å²) in [4.78, 5) is 11.7. The third-order valence-corrected chi connectivity index (χ3v) is 3.56. The number of rotatable bonds is 5. The summed E-state index contributed by atoms with van der Waals surface area (Å²) in [5.41, 5.74) is 2.03. The fourth-order valence-electron chi connectivity index (χ4n) is 1.76. The fraction of sp³-hybridized carbons (Fsp3) is 0.357. The molecule has 96 valence electrons. The Hall–Kier alpha value is -1.42. The first-order valence-electron chi connectivity index (χ1n) is 6.04. The lowest BCUT2D eigenvalue weighted by Crippen LogP contribution is -2.14. The minimum atomic E-state index is 0.0300. The summed E-state index contributed by atoms with van der Waals surface area (Å²) in [7, 11) is 0. The van der Waals surface area contributed by atoms with Crippen molar-refractivity contribution < 1.29 is 9.53 Å².